The van der Waals surface area contributed by atoms with Crippen LogP contribution in [0.3, 0.4) is 0 Å². The third kappa shape index (κ3) is 3.51. The average Bonchev–Trinajstić information content (AvgIpc) is 2.82. The first kappa shape index (κ1) is 13.9. The lowest BCUT2D eigenvalue weighted by Gasteiger charge is -2.06. The van der Waals surface area contributed by atoms with Gasteiger partial charge in [0.2, 0.25) is 10.0 Å². The van der Waals surface area contributed by atoms with Crippen LogP contribution in [-0.4, -0.2) is 18.5 Å². The molecule has 6 nitrogen and oxygen atoms in total. The van der Waals surface area contributed by atoms with Gasteiger partial charge in [-0.05, 0) is 17.7 Å². The van der Waals surface area contributed by atoms with Crippen molar-refractivity contribution < 1.29 is 13.5 Å². The van der Waals surface area contributed by atoms with Crippen LogP contribution in [-0.2, 0) is 23.2 Å². The van der Waals surface area contributed by atoms with E-state index in [0.717, 1.165) is 11.3 Å². The van der Waals surface area contributed by atoms with Crippen LogP contribution < -0.4 is 9.60 Å². The van der Waals surface area contributed by atoms with Crippen molar-refractivity contribution in [2.24, 2.45) is 0 Å². The maximum absolute atomic E-state index is 12.0. The normalized spacial score (nSPS) is 11.6. The molecule has 1 aromatic carbocycles. The summed E-state index contributed by atoms with van der Waals surface area (Å²) in [4.78, 5) is 13.3. The summed E-state index contributed by atoms with van der Waals surface area (Å²) in [5, 5.41) is 10.5. The fourth-order valence-corrected chi connectivity index (χ4v) is 3.13. The van der Waals surface area contributed by atoms with Crippen molar-refractivity contribution in [3.63, 3.8) is 0 Å². The summed E-state index contributed by atoms with van der Waals surface area (Å²) < 4.78 is 26.4. The molecule has 0 saturated heterocycles. The van der Waals surface area contributed by atoms with Crippen molar-refractivity contribution in [3.05, 3.63) is 50.6 Å². The number of sulfonamides is 1. The third-order valence-electron chi connectivity index (χ3n) is 2.41. The number of hydrogen-bond donors (Lipinski definition) is 3. The summed E-state index contributed by atoms with van der Waals surface area (Å²) in [5.41, 5.74) is 1.03. The van der Waals surface area contributed by atoms with E-state index in [-0.39, 0.29) is 22.9 Å². The lowest BCUT2D eigenvalue weighted by atomic mass is 10.2. The van der Waals surface area contributed by atoms with E-state index < -0.39 is 10.0 Å². The van der Waals surface area contributed by atoms with Gasteiger partial charge in [0.15, 0.2) is 0 Å². The minimum atomic E-state index is -3.66. The second-order valence-electron chi connectivity index (χ2n) is 3.80. The van der Waals surface area contributed by atoms with Crippen LogP contribution in [0.25, 0.3) is 0 Å². The van der Waals surface area contributed by atoms with E-state index >= 15 is 0 Å². The first-order valence-corrected chi connectivity index (χ1v) is 7.74. The quantitative estimate of drug-likeness (QED) is 0.744. The van der Waals surface area contributed by atoms with Gasteiger partial charge in [-0.15, -0.1) is 0 Å². The molecule has 1 heterocycles. The van der Waals surface area contributed by atoms with Crippen molar-refractivity contribution in [1.29, 1.82) is 0 Å². The highest BCUT2D eigenvalue weighted by molar-refractivity contribution is 7.89. The molecule has 1 aromatic heterocycles. The lowest BCUT2D eigenvalue weighted by molar-refractivity contribution is 0.281. The second kappa shape index (κ2) is 5.66. The van der Waals surface area contributed by atoms with Gasteiger partial charge >= 0.3 is 4.87 Å². The van der Waals surface area contributed by atoms with Crippen LogP contribution in [0, 0.1) is 0 Å². The Balaban J connectivity index is 2.15. The maximum Gasteiger partial charge on any atom is 0.304 e. The van der Waals surface area contributed by atoms with Gasteiger partial charge in [0, 0.05) is 11.1 Å². The molecular formula is C11H12N2O4S2. The topological polar surface area (TPSA) is 99.3 Å². The van der Waals surface area contributed by atoms with E-state index in [9.17, 15) is 13.2 Å². The molecule has 0 aliphatic carbocycles. The van der Waals surface area contributed by atoms with E-state index in [4.69, 9.17) is 5.11 Å². The monoisotopic (exact) mass is 300 g/mol. The van der Waals surface area contributed by atoms with Gasteiger partial charge in [-0.25, -0.2) is 13.1 Å². The Labute approximate surface area is 113 Å². The van der Waals surface area contributed by atoms with Crippen LogP contribution in [0.15, 0.2) is 39.3 Å². The van der Waals surface area contributed by atoms with Gasteiger partial charge < -0.3 is 10.1 Å². The molecule has 0 fully saturated rings. The number of hydrogen-bond acceptors (Lipinski definition) is 5. The maximum atomic E-state index is 12.0. The number of thiazole rings is 1. The number of aliphatic hydroxyl groups is 1. The Morgan fingerprint density at radius 3 is 2.79 bits per heavy atom. The molecule has 8 heteroatoms. The third-order valence-corrected chi connectivity index (χ3v) is 4.53. The van der Waals surface area contributed by atoms with Crippen LogP contribution in [0.5, 0.6) is 0 Å². The molecule has 3 N–H and O–H groups in total. The van der Waals surface area contributed by atoms with E-state index in [1.165, 1.54) is 12.1 Å². The van der Waals surface area contributed by atoms with Gasteiger partial charge in [0.1, 0.15) is 0 Å². The predicted molar refractivity (Wildman–Crippen MR) is 71.3 cm³/mol. The molecule has 0 unspecified atom stereocenters. The first-order valence-electron chi connectivity index (χ1n) is 5.37. The van der Waals surface area contributed by atoms with Crippen molar-refractivity contribution in [2.75, 3.05) is 0 Å². The molecule has 19 heavy (non-hydrogen) atoms. The van der Waals surface area contributed by atoms with Gasteiger partial charge in [-0.3, -0.25) is 4.79 Å². The fourth-order valence-electron chi connectivity index (χ4n) is 1.47. The zero-order chi connectivity index (χ0) is 13.9. The number of H-pyrrole nitrogens is 1. The molecule has 2 aromatic rings. The highest BCUT2D eigenvalue weighted by Gasteiger charge is 2.14. The van der Waals surface area contributed by atoms with Crippen molar-refractivity contribution in [2.45, 2.75) is 18.0 Å². The van der Waals surface area contributed by atoms with Crippen LogP contribution in [0.2, 0.25) is 0 Å². The summed E-state index contributed by atoms with van der Waals surface area (Å²) in [6.07, 6.45) is 0. The summed E-state index contributed by atoms with van der Waals surface area (Å²) in [5.74, 6) is 0. The van der Waals surface area contributed by atoms with Crippen LogP contribution in [0.1, 0.15) is 11.3 Å². The number of rotatable bonds is 5. The smallest absolute Gasteiger partial charge is 0.304 e. The summed E-state index contributed by atoms with van der Waals surface area (Å²) in [7, 11) is -3.66. The van der Waals surface area contributed by atoms with Gasteiger partial charge in [-0.2, -0.15) is 0 Å². The van der Waals surface area contributed by atoms with E-state index in [1.807, 2.05) is 0 Å². The Kier molecular flexibility index (Phi) is 4.15. The molecule has 0 spiro atoms. The Hall–Kier alpha value is -1.48. The van der Waals surface area contributed by atoms with Crippen molar-refractivity contribution in [3.8, 4) is 0 Å². The SMILES string of the molecule is O=c1[nH]c(CNS(=O)(=O)c2cccc(CO)c2)cs1. The summed E-state index contributed by atoms with van der Waals surface area (Å²) >= 11 is 0.978. The Morgan fingerprint density at radius 1 is 1.37 bits per heavy atom. The molecule has 0 amide bonds. The lowest BCUT2D eigenvalue weighted by Crippen LogP contribution is -2.23. The molecule has 0 radical (unpaired) electrons. The fraction of sp³-hybridized carbons (Fsp3) is 0.182. The summed E-state index contributed by atoms with van der Waals surface area (Å²) in [6.45, 7) is -0.203. The predicted octanol–water partition coefficient (Wildman–Crippen LogP) is 0.407. The van der Waals surface area contributed by atoms with Crippen molar-refractivity contribution >= 4 is 21.4 Å². The standard InChI is InChI=1S/C11H12N2O4S2/c14-6-8-2-1-3-10(4-8)19(16,17)12-5-9-7-18-11(15)13-9/h1-4,7,12,14H,5-6H2,(H,13,15). The molecule has 0 saturated carbocycles. The number of nitrogens with one attached hydrogen (secondary N) is 2. The van der Waals surface area contributed by atoms with E-state index in [0.29, 0.717) is 11.3 Å². The van der Waals surface area contributed by atoms with Crippen LogP contribution in [0.4, 0.5) is 0 Å². The number of aromatic amines is 1. The van der Waals surface area contributed by atoms with E-state index in [2.05, 4.69) is 9.71 Å². The largest absolute Gasteiger partial charge is 0.392 e. The molecule has 2 rings (SSSR count). The molecule has 0 atom stereocenters. The van der Waals surface area contributed by atoms with Gasteiger partial charge in [-0.1, -0.05) is 23.5 Å². The number of aromatic nitrogens is 1. The number of benzene rings is 1. The van der Waals surface area contributed by atoms with E-state index in [1.54, 1.807) is 17.5 Å². The van der Waals surface area contributed by atoms with Crippen LogP contribution >= 0.6 is 11.3 Å². The molecule has 0 aliphatic heterocycles. The minimum Gasteiger partial charge on any atom is -0.392 e. The zero-order valence-corrected chi connectivity index (χ0v) is 11.4. The average molecular weight is 300 g/mol. The Morgan fingerprint density at radius 2 is 2.16 bits per heavy atom. The molecule has 0 bridgehead atoms. The second-order valence-corrected chi connectivity index (χ2v) is 6.41. The highest BCUT2D eigenvalue weighted by atomic mass is 32.2. The van der Waals surface area contributed by atoms with Gasteiger partial charge in [0.25, 0.3) is 0 Å². The molecule has 102 valence electrons. The van der Waals surface area contributed by atoms with Gasteiger partial charge in [0.05, 0.1) is 18.0 Å². The zero-order valence-electron chi connectivity index (χ0n) is 9.79. The first-order chi connectivity index (χ1) is 9.01. The number of aliphatic hydroxyl groups excluding tert-OH is 1. The molecule has 0 aliphatic rings. The minimum absolute atomic E-state index is 0.0183. The molecular weight excluding hydrogens is 288 g/mol. The van der Waals surface area contributed by atoms with Crippen molar-refractivity contribution in [1.82, 2.24) is 9.71 Å². The summed E-state index contributed by atoms with van der Waals surface area (Å²) in [6, 6.07) is 6.04. The Bertz CT molecular complexity index is 718. The highest BCUT2D eigenvalue weighted by Crippen LogP contribution is 2.12.